The topological polar surface area (TPSA) is 147 Å². The highest BCUT2D eigenvalue weighted by atomic mass is 35.5. The number of anilines is 1. The molecule has 0 atom stereocenters. The molecule has 1 spiro atoms. The summed E-state index contributed by atoms with van der Waals surface area (Å²) in [5.41, 5.74) is 6.88. The van der Waals surface area contributed by atoms with E-state index < -0.39 is 0 Å². The first-order valence-electron chi connectivity index (χ1n) is 19.9. The average Bonchev–Trinajstić information content (AvgIpc) is 3.66. The van der Waals surface area contributed by atoms with E-state index in [1.54, 1.807) is 41.9 Å². The molecule has 57 heavy (non-hydrogen) atoms. The third kappa shape index (κ3) is 7.41. The Hall–Kier alpha value is -5.19. The largest absolute Gasteiger partial charge is 0.490 e. The van der Waals surface area contributed by atoms with E-state index in [0.29, 0.717) is 45.7 Å². The number of carbonyl (C=O) groups excluding carboxylic acids is 1. The maximum absolute atomic E-state index is 13.1. The van der Waals surface area contributed by atoms with Gasteiger partial charge in [0.15, 0.2) is 5.82 Å². The van der Waals surface area contributed by atoms with Crippen LogP contribution in [0.5, 0.6) is 5.75 Å². The molecular formula is C43H45ClN10O2S. The molecule has 9 rings (SSSR count). The summed E-state index contributed by atoms with van der Waals surface area (Å²) in [7, 11) is 0. The highest BCUT2D eigenvalue weighted by molar-refractivity contribution is 7.15. The number of pyridine rings is 1. The number of aliphatic imine (C=N–C) groups is 1. The number of aromatic nitrogens is 6. The lowest BCUT2D eigenvalue weighted by Gasteiger charge is -2.52. The Morgan fingerprint density at radius 3 is 2.49 bits per heavy atom. The van der Waals surface area contributed by atoms with Crippen molar-refractivity contribution in [1.29, 1.82) is 5.26 Å². The number of aryl methyl sites for hydroxylation is 2. The van der Waals surface area contributed by atoms with Gasteiger partial charge in [0, 0.05) is 65.5 Å². The van der Waals surface area contributed by atoms with Gasteiger partial charge in [-0.2, -0.15) is 5.26 Å². The van der Waals surface area contributed by atoms with Crippen molar-refractivity contribution in [1.82, 2.24) is 35.0 Å². The summed E-state index contributed by atoms with van der Waals surface area (Å²) in [6, 6.07) is 11.7. The molecule has 1 saturated heterocycles. The van der Waals surface area contributed by atoms with Gasteiger partial charge in [0.1, 0.15) is 29.2 Å². The Kier molecular flexibility index (Phi) is 10.0. The zero-order chi connectivity index (χ0) is 39.3. The molecular weight excluding hydrogens is 756 g/mol. The van der Waals surface area contributed by atoms with Crippen molar-refractivity contribution in [3.63, 3.8) is 0 Å². The first-order valence-corrected chi connectivity index (χ1v) is 21.1. The Bertz CT molecular complexity index is 2380. The second-order valence-corrected chi connectivity index (χ2v) is 17.8. The van der Waals surface area contributed by atoms with Gasteiger partial charge in [-0.05, 0) is 120 Å². The normalized spacial score (nSPS) is 20.1. The van der Waals surface area contributed by atoms with E-state index in [9.17, 15) is 4.79 Å². The van der Waals surface area contributed by atoms with Gasteiger partial charge in [-0.25, -0.2) is 9.97 Å². The third-order valence-corrected chi connectivity index (χ3v) is 14.0. The van der Waals surface area contributed by atoms with Crippen molar-refractivity contribution in [2.45, 2.75) is 97.2 Å². The molecule has 0 radical (unpaired) electrons. The third-order valence-electron chi connectivity index (χ3n) is 12.5. The fourth-order valence-corrected chi connectivity index (χ4v) is 10.6. The average molecular weight is 801 g/mol. The van der Waals surface area contributed by atoms with E-state index in [-0.39, 0.29) is 18.1 Å². The summed E-state index contributed by atoms with van der Waals surface area (Å²) >= 11 is 7.94. The molecule has 0 bridgehead atoms. The van der Waals surface area contributed by atoms with Crippen molar-refractivity contribution in [2.75, 3.05) is 18.0 Å². The number of rotatable bonds is 8. The van der Waals surface area contributed by atoms with Crippen LogP contribution in [0, 0.1) is 43.4 Å². The van der Waals surface area contributed by atoms with Crippen LogP contribution in [-0.2, 0) is 13.0 Å². The monoisotopic (exact) mass is 800 g/mol. The summed E-state index contributed by atoms with van der Waals surface area (Å²) in [6.45, 7) is 8.69. The summed E-state index contributed by atoms with van der Waals surface area (Å²) in [5, 5.41) is 22.5. The van der Waals surface area contributed by atoms with Crippen molar-refractivity contribution >= 4 is 40.5 Å². The minimum absolute atomic E-state index is 0.0440. The van der Waals surface area contributed by atoms with Crippen LogP contribution in [-0.4, -0.2) is 66.6 Å². The molecule has 2 aliphatic heterocycles. The van der Waals surface area contributed by atoms with E-state index in [2.05, 4.69) is 67.0 Å². The molecule has 1 amide bonds. The van der Waals surface area contributed by atoms with E-state index in [1.165, 1.54) is 23.3 Å². The van der Waals surface area contributed by atoms with Gasteiger partial charge < -0.3 is 15.0 Å². The van der Waals surface area contributed by atoms with Crippen LogP contribution in [0.2, 0.25) is 5.02 Å². The van der Waals surface area contributed by atoms with Gasteiger partial charge in [0.05, 0.1) is 28.0 Å². The van der Waals surface area contributed by atoms with Gasteiger partial charge in [-0.1, -0.05) is 11.6 Å². The first kappa shape index (κ1) is 37.4. The summed E-state index contributed by atoms with van der Waals surface area (Å²) in [4.78, 5) is 35.8. The molecule has 292 valence electrons. The van der Waals surface area contributed by atoms with E-state index in [1.807, 2.05) is 13.1 Å². The highest BCUT2D eigenvalue weighted by Crippen LogP contribution is 2.53. The molecule has 2 aliphatic carbocycles. The standard InChI is InChI=1S/C43H45ClN10O2S/c1-25-26(2)57-41-38(25)39(47-24-37-52-51-27(3)54(37)41)30-4-6-33(46-21-30)16-28-18-43(19-28)12-14-53(15-13-43)42-48-22-31(23-49-42)40(55)50-32-7-10-34(11-8-32)56-35-9-5-29(20-45)36(44)17-35/h4-6,9,17,21-23,28,32,34H,7-8,10-16,18-19,24H2,1-3H3,(H,50,55). The molecule has 1 aromatic carbocycles. The lowest BCUT2D eigenvalue weighted by Crippen LogP contribution is -2.48. The lowest BCUT2D eigenvalue weighted by molar-refractivity contribution is 0.0276. The van der Waals surface area contributed by atoms with Crippen molar-refractivity contribution in [3.8, 4) is 16.8 Å². The second kappa shape index (κ2) is 15.3. The van der Waals surface area contributed by atoms with Crippen molar-refractivity contribution in [3.05, 3.63) is 104 Å². The first-order chi connectivity index (χ1) is 27.6. The number of halogens is 1. The Balaban J connectivity index is 0.730. The smallest absolute Gasteiger partial charge is 0.254 e. The van der Waals surface area contributed by atoms with Crippen LogP contribution in [0.1, 0.15) is 106 Å². The number of benzene rings is 1. The summed E-state index contributed by atoms with van der Waals surface area (Å²) in [5.74, 6) is 3.61. The summed E-state index contributed by atoms with van der Waals surface area (Å²) < 4.78 is 8.26. The summed E-state index contributed by atoms with van der Waals surface area (Å²) in [6.07, 6.45) is 14.3. The number of carbonyl (C=O) groups is 1. The SMILES string of the molecule is Cc1sc2c(c1C)C(c1ccc(CC3CC4(CCN(c5ncc(C(=O)NC6CCC(Oc7ccc(C#N)c(Cl)c7)CC6)cn5)CC4)C3)nc1)=NCc1nnc(C)n1-2. The molecule has 3 fully saturated rings. The maximum atomic E-state index is 13.1. The van der Waals surface area contributed by atoms with Crippen LogP contribution >= 0.6 is 22.9 Å². The van der Waals surface area contributed by atoms with Crippen LogP contribution in [0.25, 0.3) is 5.00 Å². The number of nitrogens with zero attached hydrogens (tertiary/aromatic N) is 9. The van der Waals surface area contributed by atoms with Gasteiger partial charge in [0.25, 0.3) is 5.91 Å². The minimum Gasteiger partial charge on any atom is -0.490 e. The number of hydrogen-bond acceptors (Lipinski definition) is 11. The van der Waals surface area contributed by atoms with E-state index in [0.717, 1.165) is 97.2 Å². The van der Waals surface area contributed by atoms with Crippen molar-refractivity contribution < 1.29 is 9.53 Å². The van der Waals surface area contributed by atoms with Crippen LogP contribution in [0.4, 0.5) is 5.95 Å². The Morgan fingerprint density at radius 1 is 1.02 bits per heavy atom. The highest BCUT2D eigenvalue weighted by Gasteiger charge is 2.46. The van der Waals surface area contributed by atoms with Gasteiger partial charge in [-0.3, -0.25) is 19.3 Å². The number of nitriles is 1. The molecule has 12 nitrogen and oxygen atoms in total. The molecule has 4 aliphatic rings. The van der Waals surface area contributed by atoms with Crippen LogP contribution < -0.4 is 15.0 Å². The number of ether oxygens (including phenoxy) is 1. The maximum Gasteiger partial charge on any atom is 0.254 e. The minimum atomic E-state index is -0.145. The van der Waals surface area contributed by atoms with Crippen LogP contribution in [0.15, 0.2) is 53.9 Å². The quantitative estimate of drug-likeness (QED) is 0.167. The Morgan fingerprint density at radius 2 is 1.79 bits per heavy atom. The number of thiophene rings is 1. The lowest BCUT2D eigenvalue weighted by atomic mass is 9.56. The van der Waals surface area contributed by atoms with Gasteiger partial charge >= 0.3 is 0 Å². The molecule has 14 heteroatoms. The van der Waals surface area contributed by atoms with Crippen LogP contribution in [0.3, 0.4) is 0 Å². The number of hydrogen-bond donors (Lipinski definition) is 1. The zero-order valence-electron chi connectivity index (χ0n) is 32.5. The molecule has 4 aromatic heterocycles. The van der Waals surface area contributed by atoms with E-state index in [4.69, 9.17) is 31.6 Å². The number of amides is 1. The fraction of sp³-hybridized carbons (Fsp3) is 0.442. The molecule has 0 unspecified atom stereocenters. The van der Waals surface area contributed by atoms with E-state index >= 15 is 0 Å². The second-order valence-electron chi connectivity index (χ2n) is 16.2. The van der Waals surface area contributed by atoms with Gasteiger partial charge in [-0.15, -0.1) is 21.5 Å². The number of nitrogens with one attached hydrogen (secondary N) is 1. The molecule has 5 aromatic rings. The predicted molar refractivity (Wildman–Crippen MR) is 220 cm³/mol. The molecule has 6 heterocycles. The fourth-order valence-electron chi connectivity index (χ4n) is 9.21. The predicted octanol–water partition coefficient (Wildman–Crippen LogP) is 7.67. The number of piperidine rings is 1. The number of fused-ring (bicyclic) bond motifs is 3. The van der Waals surface area contributed by atoms with Crippen molar-refractivity contribution in [2.24, 2.45) is 16.3 Å². The molecule has 2 saturated carbocycles. The van der Waals surface area contributed by atoms with Gasteiger partial charge in [0.2, 0.25) is 5.95 Å². The zero-order valence-corrected chi connectivity index (χ0v) is 34.0. The Labute approximate surface area is 341 Å². The molecule has 1 N–H and O–H groups in total.